The number of aromatic nitrogens is 4. The van der Waals surface area contributed by atoms with Crippen LogP contribution in [0.15, 0.2) is 121 Å². The summed E-state index contributed by atoms with van der Waals surface area (Å²) in [5.41, 5.74) is -0.820. The number of nitrogens with one attached hydrogen (secondary N) is 1. The second-order valence-electron chi connectivity index (χ2n) is 10.9. The third kappa shape index (κ3) is 11.3. The van der Waals surface area contributed by atoms with Crippen LogP contribution in [0.3, 0.4) is 0 Å². The van der Waals surface area contributed by atoms with Gasteiger partial charge < -0.3 is 15.3 Å². The first-order valence-corrected chi connectivity index (χ1v) is 16.5. The van der Waals surface area contributed by atoms with Crippen LogP contribution < -0.4 is 80.0 Å². The van der Waals surface area contributed by atoms with E-state index in [-0.39, 0.29) is 105 Å². The fourth-order valence-electron chi connectivity index (χ4n) is 4.62. The van der Waals surface area contributed by atoms with E-state index in [1.165, 1.54) is 17.7 Å². The molecule has 6 aromatic rings. The van der Waals surface area contributed by atoms with Crippen molar-refractivity contribution in [1.29, 1.82) is 0 Å². The first-order valence-electron chi connectivity index (χ1n) is 15.0. The number of hydrogen-bond donors (Lipinski definition) is 2. The molecule has 0 atom stereocenters. The Morgan fingerprint density at radius 3 is 1.82 bits per heavy atom. The number of nitro benzene ring substituents is 2. The average molecular weight is 854 g/mol. The van der Waals surface area contributed by atoms with Crippen LogP contribution in [0.4, 0.5) is 34.1 Å². The summed E-state index contributed by atoms with van der Waals surface area (Å²) in [5, 5.41) is 79.8. The topological polar surface area (TPSA) is 315 Å². The van der Waals surface area contributed by atoms with E-state index in [4.69, 9.17) is 4.55 Å². The molecule has 2 aromatic heterocycles. The number of H-pyrrole nitrogens is 1. The molecule has 1 radical (unpaired) electrons. The second kappa shape index (κ2) is 20.4. The summed E-state index contributed by atoms with van der Waals surface area (Å²) in [6.45, 7) is 3.12. The van der Waals surface area contributed by atoms with E-state index in [9.17, 15) is 48.8 Å². The predicted molar refractivity (Wildman–Crippen MR) is 182 cm³/mol. The third-order valence-electron chi connectivity index (χ3n) is 7.22. The number of aromatic amines is 1. The van der Waals surface area contributed by atoms with Gasteiger partial charge >= 0.3 is 76.5 Å². The zero-order chi connectivity index (χ0) is 39.3. The molecule has 0 amide bonds. The van der Waals surface area contributed by atoms with Gasteiger partial charge in [-0.15, -0.1) is 10.2 Å². The van der Waals surface area contributed by atoms with Crippen LogP contribution in [-0.2, 0) is 27.5 Å². The normalized spacial score (nSPS) is 10.9. The Morgan fingerprint density at radius 2 is 1.28 bits per heavy atom. The largest absolute Gasteiger partial charge is 3.00 e. The van der Waals surface area contributed by atoms with Crippen molar-refractivity contribution in [3.8, 4) is 28.8 Å². The molecule has 0 aliphatic carbocycles. The summed E-state index contributed by atoms with van der Waals surface area (Å²) in [6, 6.07) is 21.6. The van der Waals surface area contributed by atoms with Crippen LogP contribution in [0.5, 0.6) is 17.4 Å². The van der Waals surface area contributed by atoms with Crippen LogP contribution in [0.2, 0.25) is 0 Å². The van der Waals surface area contributed by atoms with Crippen molar-refractivity contribution in [3.63, 3.8) is 0 Å². The van der Waals surface area contributed by atoms with Gasteiger partial charge in [0, 0.05) is 30.1 Å². The predicted octanol–water partition coefficient (Wildman–Crippen LogP) is -1.23. The van der Waals surface area contributed by atoms with Crippen molar-refractivity contribution in [1.82, 2.24) is 19.6 Å². The Morgan fingerprint density at radius 1 is 0.737 bits per heavy atom. The van der Waals surface area contributed by atoms with Crippen molar-refractivity contribution < 1.29 is 115 Å². The van der Waals surface area contributed by atoms with Gasteiger partial charge in [0.05, 0.1) is 48.9 Å². The number of para-hydroxylation sites is 2. The summed E-state index contributed by atoms with van der Waals surface area (Å²) >= 11 is 0. The van der Waals surface area contributed by atoms with Gasteiger partial charge in [0.15, 0.2) is 5.69 Å². The number of nitrogens with zero attached hydrogens (tertiary/aromatic N) is 9. The molecule has 0 spiro atoms. The third-order valence-corrected chi connectivity index (χ3v) is 8.08. The Hall–Kier alpha value is -5.06. The SMILES string of the molecule is Cc1[nH]n(-c2ccccc2)c(=O)c1N=Nc1ccc([N+](=O)[O-])cc1[O-].Cc1nn(-c2ccccc2)c([O-])c1N=Nc1cc([N+](=O)[O-])cc(S(=O)(=O)O)c1[O-].[Cr+3].[Na+].[Na+]. The number of hydrogen-bond acceptors (Lipinski definition) is 15. The van der Waals surface area contributed by atoms with Gasteiger partial charge in [-0.05, 0) is 44.2 Å². The van der Waals surface area contributed by atoms with Gasteiger partial charge in [-0.1, -0.05) is 47.9 Å². The molecule has 4 aromatic carbocycles. The molecule has 57 heavy (non-hydrogen) atoms. The molecule has 0 bridgehead atoms. The van der Waals surface area contributed by atoms with E-state index >= 15 is 0 Å². The van der Waals surface area contributed by atoms with Gasteiger partial charge in [-0.2, -0.15) is 23.7 Å². The summed E-state index contributed by atoms with van der Waals surface area (Å²) in [6.07, 6.45) is 0. The maximum absolute atomic E-state index is 12.5. The molecule has 21 nitrogen and oxygen atoms in total. The standard InChI is InChI=1S/C16H13N5O7S.C16H13N5O4.Cr.2Na/c1-9-14(16(23)20(19-9)10-5-3-2-4-6-10)18-17-12-7-11(21(24)25)8-13(15(12)22)29(26,27)28;1-10-15(16(23)20(19-10)11-5-3-2-4-6-11)18-17-13-8-7-12(21(24)25)9-14(13)22;;;/h2-8,22-23H,1H3,(H,26,27,28);2-9,19,22H,1H3;;;/q;;+3;2*+1/p-3. The molecule has 0 unspecified atom stereocenters. The Bertz CT molecular complexity index is 2640. The molecule has 0 aliphatic heterocycles. The fourth-order valence-corrected chi connectivity index (χ4v) is 5.23. The summed E-state index contributed by atoms with van der Waals surface area (Å²) in [5.74, 6) is -2.61. The molecule has 0 saturated heterocycles. The zero-order valence-corrected chi connectivity index (χ0v) is 36.1. The molecule has 279 valence electrons. The van der Waals surface area contributed by atoms with Crippen molar-refractivity contribution >= 4 is 44.2 Å². The monoisotopic (exact) mass is 853 g/mol. The van der Waals surface area contributed by atoms with E-state index in [1.807, 2.05) is 6.07 Å². The van der Waals surface area contributed by atoms with Gasteiger partial charge in [-0.25, -0.2) is 9.36 Å². The molecule has 25 heteroatoms. The fraction of sp³-hybridized carbons (Fsp3) is 0.0625. The van der Waals surface area contributed by atoms with E-state index in [0.29, 0.717) is 29.2 Å². The van der Waals surface area contributed by atoms with Crippen LogP contribution in [0.1, 0.15) is 11.4 Å². The Labute approximate surface area is 376 Å². The van der Waals surface area contributed by atoms with E-state index in [2.05, 4.69) is 30.7 Å². The van der Waals surface area contributed by atoms with Crippen molar-refractivity contribution in [2.24, 2.45) is 20.5 Å². The zero-order valence-electron chi connectivity index (χ0n) is 30.0. The number of aryl methyl sites for hydroxylation is 2. The Balaban J connectivity index is 0.000000377. The molecule has 0 saturated carbocycles. The first kappa shape index (κ1) is 48.1. The quantitative estimate of drug-likeness (QED) is 0.0568. The summed E-state index contributed by atoms with van der Waals surface area (Å²) in [4.78, 5) is 31.2. The van der Waals surface area contributed by atoms with Crippen LogP contribution in [0.25, 0.3) is 11.4 Å². The number of rotatable bonds is 9. The minimum Gasteiger partial charge on any atom is -0.871 e. The van der Waals surface area contributed by atoms with Crippen molar-refractivity contribution in [3.05, 3.63) is 133 Å². The molecule has 2 heterocycles. The van der Waals surface area contributed by atoms with Crippen LogP contribution >= 0.6 is 0 Å². The maximum atomic E-state index is 12.5. The first-order chi connectivity index (χ1) is 25.6. The van der Waals surface area contributed by atoms with Crippen molar-refractivity contribution in [2.45, 2.75) is 18.7 Å². The number of nitro groups is 2. The average Bonchev–Trinajstić information content (AvgIpc) is 3.59. The van der Waals surface area contributed by atoms with Gasteiger partial charge in [-0.3, -0.25) is 34.7 Å². The summed E-state index contributed by atoms with van der Waals surface area (Å²) in [7, 11) is -5.04. The molecular weight excluding hydrogens is 830 g/mol. The number of non-ortho nitro benzene ring substituents is 2. The van der Waals surface area contributed by atoms with E-state index in [0.717, 1.165) is 16.8 Å². The van der Waals surface area contributed by atoms with E-state index in [1.54, 1.807) is 61.5 Å². The Kier molecular flexibility index (Phi) is 17.2. The number of azo groups is 2. The van der Waals surface area contributed by atoms with Gasteiger partial charge in [0.1, 0.15) is 5.69 Å². The van der Waals surface area contributed by atoms with E-state index < -0.39 is 59.2 Å². The maximum Gasteiger partial charge on any atom is 3.00 e. The van der Waals surface area contributed by atoms with Crippen molar-refractivity contribution in [2.75, 3.05) is 0 Å². The molecule has 2 N–H and O–H groups in total. The number of benzene rings is 4. The smallest absolute Gasteiger partial charge is 0.871 e. The van der Waals surface area contributed by atoms with Crippen LogP contribution in [-0.4, -0.2) is 42.4 Å². The van der Waals surface area contributed by atoms with Crippen LogP contribution in [0, 0.1) is 34.1 Å². The van der Waals surface area contributed by atoms with Gasteiger partial charge in [0.2, 0.25) is 0 Å². The molecule has 6 rings (SSSR count). The molecule has 0 fully saturated rings. The minimum absolute atomic E-state index is 0. The second-order valence-corrected chi connectivity index (χ2v) is 12.3. The minimum atomic E-state index is -5.04. The molecule has 0 aliphatic rings. The van der Waals surface area contributed by atoms with Gasteiger partial charge in [0.25, 0.3) is 27.1 Å². The summed E-state index contributed by atoms with van der Waals surface area (Å²) < 4.78 is 34.1. The molecular formula is C32H23CrN10Na2O11S+2.